The molecule has 0 aliphatic carbocycles. The SMILES string of the molecule is CC(CN1CCCCC1)Nc1nc(Cl)ncc1Br. The van der Waals surface area contributed by atoms with E-state index in [4.69, 9.17) is 11.6 Å². The van der Waals surface area contributed by atoms with Gasteiger partial charge in [0, 0.05) is 18.8 Å². The molecule has 1 fully saturated rings. The van der Waals surface area contributed by atoms with E-state index in [1.807, 2.05) is 0 Å². The molecule has 0 saturated carbocycles. The third-order valence-corrected chi connectivity index (χ3v) is 3.84. The summed E-state index contributed by atoms with van der Waals surface area (Å²) < 4.78 is 0.845. The van der Waals surface area contributed by atoms with Crippen molar-refractivity contribution in [2.45, 2.75) is 32.2 Å². The highest BCUT2D eigenvalue weighted by Crippen LogP contribution is 2.21. The Kier molecular flexibility index (Phi) is 5.21. The molecule has 0 radical (unpaired) electrons. The fraction of sp³-hybridized carbons (Fsp3) is 0.667. The predicted molar refractivity (Wildman–Crippen MR) is 78.1 cm³/mol. The number of hydrogen-bond acceptors (Lipinski definition) is 4. The zero-order valence-corrected chi connectivity index (χ0v) is 12.8. The molecule has 1 aromatic heterocycles. The van der Waals surface area contributed by atoms with Gasteiger partial charge in [-0.25, -0.2) is 4.98 Å². The summed E-state index contributed by atoms with van der Waals surface area (Å²) in [4.78, 5) is 10.6. The molecule has 0 spiro atoms. The van der Waals surface area contributed by atoms with Gasteiger partial charge in [-0.05, 0) is 60.4 Å². The molecule has 1 atom stereocenters. The Morgan fingerprint density at radius 2 is 2.17 bits per heavy atom. The summed E-state index contributed by atoms with van der Waals surface area (Å²) >= 11 is 9.22. The molecule has 0 bridgehead atoms. The second-order valence-electron chi connectivity index (χ2n) is 4.74. The number of likely N-dealkylation sites (tertiary alicyclic amines) is 1. The van der Waals surface area contributed by atoms with Crippen LogP contribution >= 0.6 is 27.5 Å². The van der Waals surface area contributed by atoms with Gasteiger partial charge in [-0.2, -0.15) is 4.98 Å². The van der Waals surface area contributed by atoms with Crippen molar-refractivity contribution in [3.63, 3.8) is 0 Å². The smallest absolute Gasteiger partial charge is 0.224 e. The minimum absolute atomic E-state index is 0.269. The Morgan fingerprint density at radius 1 is 1.44 bits per heavy atom. The lowest BCUT2D eigenvalue weighted by Gasteiger charge is -2.29. The topological polar surface area (TPSA) is 41.0 Å². The van der Waals surface area contributed by atoms with E-state index in [9.17, 15) is 0 Å². The number of aromatic nitrogens is 2. The first kappa shape index (κ1) is 14.0. The third-order valence-electron chi connectivity index (χ3n) is 3.08. The molecular weight excluding hydrogens is 316 g/mol. The summed E-state index contributed by atoms with van der Waals surface area (Å²) in [7, 11) is 0. The van der Waals surface area contributed by atoms with Crippen molar-refractivity contribution in [2.24, 2.45) is 0 Å². The number of nitrogens with zero attached hydrogens (tertiary/aromatic N) is 3. The van der Waals surface area contributed by atoms with E-state index in [1.165, 1.54) is 32.4 Å². The van der Waals surface area contributed by atoms with Crippen molar-refractivity contribution in [2.75, 3.05) is 25.0 Å². The van der Waals surface area contributed by atoms with Crippen LogP contribution < -0.4 is 5.32 Å². The Hall–Kier alpha value is -0.390. The molecule has 4 nitrogen and oxygen atoms in total. The fourth-order valence-electron chi connectivity index (χ4n) is 2.26. The Bertz CT molecular complexity index is 396. The summed E-state index contributed by atoms with van der Waals surface area (Å²) in [5.41, 5.74) is 0. The van der Waals surface area contributed by atoms with Gasteiger partial charge in [-0.15, -0.1) is 0 Å². The molecule has 6 heteroatoms. The molecule has 1 aliphatic heterocycles. The van der Waals surface area contributed by atoms with Crippen LogP contribution in [0.2, 0.25) is 5.28 Å². The highest BCUT2D eigenvalue weighted by Gasteiger charge is 2.14. The molecule has 0 amide bonds. The molecule has 100 valence electrons. The lowest BCUT2D eigenvalue weighted by molar-refractivity contribution is 0.223. The maximum absolute atomic E-state index is 5.80. The fourth-order valence-corrected chi connectivity index (χ4v) is 2.69. The minimum Gasteiger partial charge on any atom is -0.365 e. The van der Waals surface area contributed by atoms with Crippen LogP contribution in [0.15, 0.2) is 10.7 Å². The van der Waals surface area contributed by atoms with Crippen molar-refractivity contribution in [3.8, 4) is 0 Å². The molecule has 1 aliphatic rings. The average Bonchev–Trinajstić information content (AvgIpc) is 2.35. The van der Waals surface area contributed by atoms with Gasteiger partial charge in [0.2, 0.25) is 5.28 Å². The molecule has 1 N–H and O–H groups in total. The summed E-state index contributed by atoms with van der Waals surface area (Å²) in [6, 6.07) is 0.338. The second kappa shape index (κ2) is 6.68. The van der Waals surface area contributed by atoms with Crippen molar-refractivity contribution >= 4 is 33.3 Å². The summed E-state index contributed by atoms with van der Waals surface area (Å²) in [6.45, 7) is 5.61. The van der Waals surface area contributed by atoms with Crippen LogP contribution in [0.5, 0.6) is 0 Å². The normalized spacial score (nSPS) is 18.6. The Balaban J connectivity index is 1.89. The molecule has 2 rings (SSSR count). The van der Waals surface area contributed by atoms with Gasteiger partial charge in [0.05, 0.1) is 4.47 Å². The van der Waals surface area contributed by atoms with Crippen LogP contribution in [-0.4, -0.2) is 40.5 Å². The first-order valence-corrected chi connectivity index (χ1v) is 7.49. The van der Waals surface area contributed by atoms with Crippen LogP contribution in [0.3, 0.4) is 0 Å². The van der Waals surface area contributed by atoms with Gasteiger partial charge in [0.25, 0.3) is 0 Å². The summed E-state index contributed by atoms with van der Waals surface area (Å²) in [6.07, 6.45) is 5.67. The molecule has 1 aromatic rings. The summed E-state index contributed by atoms with van der Waals surface area (Å²) in [5.74, 6) is 0.763. The largest absolute Gasteiger partial charge is 0.365 e. The lowest BCUT2D eigenvalue weighted by Crippen LogP contribution is -2.38. The van der Waals surface area contributed by atoms with Crippen LogP contribution in [0.4, 0.5) is 5.82 Å². The molecular formula is C12H18BrClN4. The first-order chi connectivity index (χ1) is 8.65. The van der Waals surface area contributed by atoms with Crippen molar-refractivity contribution < 1.29 is 0 Å². The van der Waals surface area contributed by atoms with E-state index >= 15 is 0 Å². The van der Waals surface area contributed by atoms with E-state index in [1.54, 1.807) is 6.20 Å². The van der Waals surface area contributed by atoms with Gasteiger partial charge in [0.1, 0.15) is 5.82 Å². The van der Waals surface area contributed by atoms with Crippen LogP contribution in [0.1, 0.15) is 26.2 Å². The molecule has 0 aromatic carbocycles. The van der Waals surface area contributed by atoms with Crippen LogP contribution in [-0.2, 0) is 0 Å². The van der Waals surface area contributed by atoms with Gasteiger partial charge in [-0.1, -0.05) is 6.42 Å². The maximum atomic E-state index is 5.80. The monoisotopic (exact) mass is 332 g/mol. The standard InChI is InChI=1S/C12H18BrClN4/c1-9(8-18-5-3-2-4-6-18)16-11-10(13)7-15-12(14)17-11/h7,9H,2-6,8H2,1H3,(H,15,16,17). The van der Waals surface area contributed by atoms with Gasteiger partial charge < -0.3 is 10.2 Å². The highest BCUT2D eigenvalue weighted by atomic mass is 79.9. The van der Waals surface area contributed by atoms with Gasteiger partial charge >= 0.3 is 0 Å². The zero-order valence-electron chi connectivity index (χ0n) is 10.5. The number of hydrogen-bond donors (Lipinski definition) is 1. The van der Waals surface area contributed by atoms with Gasteiger partial charge in [0.15, 0.2) is 0 Å². The third kappa shape index (κ3) is 4.07. The Morgan fingerprint density at radius 3 is 2.89 bits per heavy atom. The van der Waals surface area contributed by atoms with Crippen LogP contribution in [0, 0.1) is 0 Å². The van der Waals surface area contributed by atoms with E-state index in [0.717, 1.165) is 16.8 Å². The number of piperidine rings is 1. The Labute approximate surface area is 121 Å². The van der Waals surface area contributed by atoms with Crippen molar-refractivity contribution in [3.05, 3.63) is 16.0 Å². The molecule has 2 heterocycles. The average molecular weight is 334 g/mol. The lowest BCUT2D eigenvalue weighted by atomic mass is 10.1. The van der Waals surface area contributed by atoms with Gasteiger partial charge in [-0.3, -0.25) is 0 Å². The predicted octanol–water partition coefficient (Wildman–Crippen LogP) is 3.18. The summed E-state index contributed by atoms with van der Waals surface area (Å²) in [5, 5.41) is 3.64. The molecule has 1 unspecified atom stereocenters. The van der Waals surface area contributed by atoms with Crippen LogP contribution in [0.25, 0.3) is 0 Å². The minimum atomic E-state index is 0.269. The number of anilines is 1. The number of rotatable bonds is 4. The molecule has 18 heavy (non-hydrogen) atoms. The van der Waals surface area contributed by atoms with E-state index < -0.39 is 0 Å². The first-order valence-electron chi connectivity index (χ1n) is 6.32. The highest BCUT2D eigenvalue weighted by molar-refractivity contribution is 9.10. The number of halogens is 2. The van der Waals surface area contributed by atoms with Crippen molar-refractivity contribution in [1.29, 1.82) is 0 Å². The van der Waals surface area contributed by atoms with E-state index in [2.05, 4.69) is 43.0 Å². The second-order valence-corrected chi connectivity index (χ2v) is 5.93. The van der Waals surface area contributed by atoms with Crippen molar-refractivity contribution in [1.82, 2.24) is 14.9 Å². The van der Waals surface area contributed by atoms with E-state index in [0.29, 0.717) is 6.04 Å². The molecule has 1 saturated heterocycles. The quantitative estimate of drug-likeness (QED) is 0.859. The number of nitrogens with one attached hydrogen (secondary N) is 1. The maximum Gasteiger partial charge on any atom is 0.224 e. The van der Waals surface area contributed by atoms with E-state index in [-0.39, 0.29) is 5.28 Å². The zero-order chi connectivity index (χ0) is 13.0.